The zero-order chi connectivity index (χ0) is 21.6. The van der Waals surface area contributed by atoms with E-state index in [0.29, 0.717) is 0 Å². The van der Waals surface area contributed by atoms with Gasteiger partial charge in [0.1, 0.15) is 10.8 Å². The monoisotopic (exact) mass is 408 g/mol. The summed E-state index contributed by atoms with van der Waals surface area (Å²) in [6.07, 6.45) is 6.50. The summed E-state index contributed by atoms with van der Waals surface area (Å²) >= 11 is 1.84. The van der Waals surface area contributed by atoms with Crippen molar-refractivity contribution in [2.45, 2.75) is 67.2 Å². The van der Waals surface area contributed by atoms with Gasteiger partial charge in [-0.3, -0.25) is 9.89 Å². The van der Waals surface area contributed by atoms with Crippen LogP contribution in [0.1, 0.15) is 74.1 Å². The number of rotatable bonds is 8. The number of allylic oxidation sites excluding steroid dienone is 2. The lowest BCUT2D eigenvalue weighted by Gasteiger charge is -2.27. The Morgan fingerprint density at radius 3 is 2.34 bits per heavy atom. The Morgan fingerprint density at radius 1 is 1.17 bits per heavy atom. The maximum Gasteiger partial charge on any atom is 0.109 e. The van der Waals surface area contributed by atoms with Crippen molar-refractivity contribution in [3.63, 3.8) is 0 Å². The molecular weight excluding hydrogens is 372 g/mol. The molecule has 0 saturated carbocycles. The Bertz CT molecular complexity index is 898. The summed E-state index contributed by atoms with van der Waals surface area (Å²) in [6.45, 7) is 17.6. The fourth-order valence-electron chi connectivity index (χ4n) is 3.48. The normalized spacial score (nSPS) is 12.4. The second kappa shape index (κ2) is 10.6. The van der Waals surface area contributed by atoms with Gasteiger partial charge in [0.2, 0.25) is 0 Å². The van der Waals surface area contributed by atoms with Crippen LogP contribution in [0.3, 0.4) is 0 Å². The molecule has 0 fully saturated rings. The molecule has 0 aliphatic heterocycles. The number of aliphatic imine (C=N–C) groups is 1. The minimum absolute atomic E-state index is 0.977. The first kappa shape index (κ1) is 23.2. The molecule has 1 heterocycles. The van der Waals surface area contributed by atoms with Crippen molar-refractivity contribution in [3.05, 3.63) is 69.7 Å². The molecule has 0 aliphatic rings. The molecule has 0 atom stereocenters. The first-order valence-electron chi connectivity index (χ1n) is 10.7. The van der Waals surface area contributed by atoms with Gasteiger partial charge < -0.3 is 0 Å². The van der Waals surface area contributed by atoms with Crippen molar-refractivity contribution < 1.29 is 0 Å². The van der Waals surface area contributed by atoms with Gasteiger partial charge in [-0.2, -0.15) is 0 Å². The minimum Gasteiger partial charge on any atom is -0.294 e. The molecule has 1 aromatic heterocycles. The Labute approximate surface area is 181 Å². The number of unbranched alkanes of at least 4 members (excludes halogenated alkanes) is 1. The molecule has 0 N–H and O–H groups in total. The van der Waals surface area contributed by atoms with Gasteiger partial charge in [-0.15, -0.1) is 11.3 Å². The van der Waals surface area contributed by atoms with E-state index >= 15 is 0 Å². The Morgan fingerprint density at radius 2 is 1.83 bits per heavy atom. The Kier molecular flexibility index (Phi) is 8.45. The molecule has 156 valence electrons. The molecular formula is C26H36N2S. The predicted octanol–water partition coefficient (Wildman–Crippen LogP) is 7.94. The smallest absolute Gasteiger partial charge is 0.109 e. The van der Waals surface area contributed by atoms with E-state index in [9.17, 15) is 0 Å². The van der Waals surface area contributed by atoms with Crippen LogP contribution in [0, 0.1) is 13.8 Å². The number of hydrogen-bond donors (Lipinski definition) is 0. The first-order chi connectivity index (χ1) is 13.9. The summed E-state index contributed by atoms with van der Waals surface area (Å²) in [6, 6.07) is 8.83. The average molecular weight is 409 g/mol. The summed E-state index contributed by atoms with van der Waals surface area (Å²) in [7, 11) is 1.91. The molecule has 2 rings (SSSR count). The lowest BCUT2D eigenvalue weighted by Crippen LogP contribution is -2.29. The highest BCUT2D eigenvalue weighted by molar-refractivity contribution is 7.16. The Hall–Kier alpha value is -2.13. The third-order valence-corrected chi connectivity index (χ3v) is 6.82. The first-order valence-corrected chi connectivity index (χ1v) is 11.5. The molecule has 0 radical (unpaired) electrons. The summed E-state index contributed by atoms with van der Waals surface area (Å²) in [5, 5.41) is 1.23. The molecule has 0 bridgehead atoms. The SMILES string of the molecule is C=C(c1ccc(CC)cc1)c1c(N(/C(CCCC)=N\C)/C(C)=C/C)sc(C)c1C. The average Bonchev–Trinajstić information content (AvgIpc) is 3.03. The molecule has 0 aliphatic carbocycles. The lowest BCUT2D eigenvalue weighted by molar-refractivity contribution is 0.825. The van der Waals surface area contributed by atoms with Crippen LogP contribution in [0.5, 0.6) is 0 Å². The van der Waals surface area contributed by atoms with Crippen molar-refractivity contribution in [1.29, 1.82) is 0 Å². The van der Waals surface area contributed by atoms with Crippen LogP contribution < -0.4 is 4.90 Å². The number of anilines is 1. The number of nitrogens with zero attached hydrogens (tertiary/aromatic N) is 2. The van der Waals surface area contributed by atoms with Gasteiger partial charge in [0.05, 0.1) is 0 Å². The van der Waals surface area contributed by atoms with Gasteiger partial charge in [-0.05, 0) is 62.8 Å². The van der Waals surface area contributed by atoms with Crippen LogP contribution in [0.2, 0.25) is 0 Å². The van der Waals surface area contributed by atoms with Gasteiger partial charge in [-0.1, -0.05) is 57.2 Å². The minimum atomic E-state index is 0.977. The fourth-order valence-corrected chi connectivity index (χ4v) is 4.74. The van der Waals surface area contributed by atoms with Crippen molar-refractivity contribution in [2.24, 2.45) is 4.99 Å². The van der Waals surface area contributed by atoms with Crippen molar-refractivity contribution in [1.82, 2.24) is 0 Å². The molecule has 0 amide bonds. The van der Waals surface area contributed by atoms with Crippen molar-refractivity contribution in [2.75, 3.05) is 11.9 Å². The Balaban J connectivity index is 2.61. The fraction of sp³-hybridized carbons (Fsp3) is 0.423. The van der Waals surface area contributed by atoms with E-state index in [1.54, 1.807) is 0 Å². The second-order valence-electron chi connectivity index (χ2n) is 7.50. The molecule has 2 nitrogen and oxygen atoms in total. The van der Waals surface area contributed by atoms with E-state index in [0.717, 1.165) is 37.1 Å². The lowest BCUT2D eigenvalue weighted by atomic mass is 9.96. The van der Waals surface area contributed by atoms with E-state index in [2.05, 4.69) is 88.4 Å². The van der Waals surface area contributed by atoms with Crippen molar-refractivity contribution >= 4 is 27.7 Å². The molecule has 0 unspecified atom stereocenters. The summed E-state index contributed by atoms with van der Waals surface area (Å²) < 4.78 is 0. The topological polar surface area (TPSA) is 15.6 Å². The third kappa shape index (κ3) is 5.08. The van der Waals surface area contributed by atoms with Crippen LogP contribution in [0.25, 0.3) is 5.57 Å². The van der Waals surface area contributed by atoms with E-state index < -0.39 is 0 Å². The standard InChI is InChI=1S/C26H36N2S/c1-9-12-13-24(27-8)28(18(4)10-2)26-25(19(5)21(7)29-26)20(6)23-16-14-22(11-3)15-17-23/h10,14-17H,6,9,11-13H2,1-5,7-8H3/b18-10+,27-24-. The maximum atomic E-state index is 4.68. The quantitative estimate of drug-likeness (QED) is 0.320. The molecule has 0 spiro atoms. The van der Waals surface area contributed by atoms with Gasteiger partial charge in [0.25, 0.3) is 0 Å². The summed E-state index contributed by atoms with van der Waals surface area (Å²) in [5.74, 6) is 1.12. The highest BCUT2D eigenvalue weighted by atomic mass is 32.1. The van der Waals surface area contributed by atoms with E-state index in [4.69, 9.17) is 0 Å². The highest BCUT2D eigenvalue weighted by Gasteiger charge is 2.24. The van der Waals surface area contributed by atoms with Crippen LogP contribution >= 0.6 is 11.3 Å². The van der Waals surface area contributed by atoms with Crippen LogP contribution in [-0.2, 0) is 6.42 Å². The zero-order valence-corrected chi connectivity index (χ0v) is 20.0. The molecule has 1 aromatic carbocycles. The molecule has 29 heavy (non-hydrogen) atoms. The summed E-state index contributed by atoms with van der Waals surface area (Å²) in [5.41, 5.74) is 7.39. The number of benzene rings is 1. The predicted molar refractivity (Wildman–Crippen MR) is 133 cm³/mol. The second-order valence-corrected chi connectivity index (χ2v) is 8.70. The van der Waals surface area contributed by atoms with Crippen LogP contribution in [0.4, 0.5) is 5.00 Å². The number of thiophene rings is 1. The van der Waals surface area contributed by atoms with E-state index in [1.165, 1.54) is 37.8 Å². The number of aryl methyl sites for hydroxylation is 2. The van der Waals surface area contributed by atoms with Crippen molar-refractivity contribution in [3.8, 4) is 0 Å². The summed E-state index contributed by atoms with van der Waals surface area (Å²) in [4.78, 5) is 8.37. The zero-order valence-electron chi connectivity index (χ0n) is 19.2. The largest absolute Gasteiger partial charge is 0.294 e. The third-order valence-electron chi connectivity index (χ3n) is 5.62. The van der Waals surface area contributed by atoms with Gasteiger partial charge in [0, 0.05) is 29.6 Å². The molecule has 2 aromatic rings. The van der Waals surface area contributed by atoms with Gasteiger partial charge in [-0.25, -0.2) is 0 Å². The number of amidine groups is 1. The van der Waals surface area contributed by atoms with Crippen LogP contribution in [0.15, 0.2) is 47.6 Å². The molecule has 0 saturated heterocycles. The number of hydrogen-bond acceptors (Lipinski definition) is 2. The highest BCUT2D eigenvalue weighted by Crippen LogP contribution is 2.43. The maximum absolute atomic E-state index is 4.68. The van der Waals surface area contributed by atoms with E-state index in [-0.39, 0.29) is 0 Å². The van der Waals surface area contributed by atoms with Crippen LogP contribution in [-0.4, -0.2) is 12.9 Å². The van der Waals surface area contributed by atoms with E-state index in [1.807, 2.05) is 18.4 Å². The van der Waals surface area contributed by atoms with Gasteiger partial charge in [0.15, 0.2) is 0 Å². The van der Waals surface area contributed by atoms with Gasteiger partial charge >= 0.3 is 0 Å². The molecule has 3 heteroatoms.